The van der Waals surface area contributed by atoms with Crippen LogP contribution in [0.3, 0.4) is 0 Å². The number of fused-ring (bicyclic) bond motifs is 1. The van der Waals surface area contributed by atoms with Crippen molar-refractivity contribution in [2.75, 3.05) is 19.5 Å². The Morgan fingerprint density at radius 1 is 0.971 bits per heavy atom. The molecule has 2 N–H and O–H groups in total. The van der Waals surface area contributed by atoms with E-state index in [0.29, 0.717) is 45.2 Å². The van der Waals surface area contributed by atoms with Crippen LogP contribution >= 0.6 is 0 Å². The topological polar surface area (TPSA) is 103 Å². The van der Waals surface area contributed by atoms with E-state index < -0.39 is 5.82 Å². The second-order valence-corrected chi connectivity index (χ2v) is 7.35. The lowest BCUT2D eigenvalue weighted by Crippen LogP contribution is -2.15. The first-order chi connectivity index (χ1) is 16.5. The maximum absolute atomic E-state index is 13.9. The van der Waals surface area contributed by atoms with Crippen molar-refractivity contribution >= 4 is 22.5 Å². The fourth-order valence-electron chi connectivity index (χ4n) is 3.37. The zero-order valence-corrected chi connectivity index (χ0v) is 18.5. The van der Waals surface area contributed by atoms with Gasteiger partial charge in [0, 0.05) is 6.07 Å². The smallest absolute Gasteiger partial charge is 0.230 e. The van der Waals surface area contributed by atoms with Gasteiger partial charge in [0.1, 0.15) is 17.9 Å². The van der Waals surface area contributed by atoms with E-state index in [1.165, 1.54) is 24.5 Å². The molecule has 0 atom stereocenters. The standard InChI is InChI=1S/C25H22FN3O5/c1-32-22-11-18-20(12-23(22)33-2)27-14-28-25(18)34-17-6-3-15(4-7-17)10-24(31)29-21-9-16(13-30)5-8-19(21)26/h3-9,11-12,14,30H,10,13H2,1-2H3,(H,29,31). The number of carbonyl (C=O) groups excluding carboxylic acids is 1. The van der Waals surface area contributed by atoms with Gasteiger partial charge in [0.25, 0.3) is 0 Å². The summed E-state index contributed by atoms with van der Waals surface area (Å²) in [6, 6.07) is 14.4. The number of hydrogen-bond acceptors (Lipinski definition) is 7. The highest BCUT2D eigenvalue weighted by atomic mass is 19.1. The number of rotatable bonds is 8. The normalized spacial score (nSPS) is 10.7. The van der Waals surface area contributed by atoms with Gasteiger partial charge in [-0.1, -0.05) is 18.2 Å². The Balaban J connectivity index is 1.47. The molecule has 0 aliphatic carbocycles. The second-order valence-electron chi connectivity index (χ2n) is 7.35. The number of hydrogen-bond donors (Lipinski definition) is 2. The van der Waals surface area contributed by atoms with Gasteiger partial charge in [0.05, 0.1) is 43.8 Å². The third-order valence-electron chi connectivity index (χ3n) is 5.09. The fraction of sp³-hybridized carbons (Fsp3) is 0.160. The summed E-state index contributed by atoms with van der Waals surface area (Å²) in [6.45, 7) is -0.243. The average molecular weight is 463 g/mol. The van der Waals surface area contributed by atoms with Gasteiger partial charge in [-0.3, -0.25) is 4.79 Å². The molecule has 3 aromatic carbocycles. The summed E-state index contributed by atoms with van der Waals surface area (Å²) in [5.41, 5.74) is 1.88. The number of methoxy groups -OCH3 is 2. The predicted octanol–water partition coefficient (Wildman–Crippen LogP) is 4.25. The molecule has 9 heteroatoms. The van der Waals surface area contributed by atoms with Crippen molar-refractivity contribution in [3.8, 4) is 23.1 Å². The molecule has 1 amide bonds. The number of anilines is 1. The molecule has 4 aromatic rings. The number of aliphatic hydroxyl groups excluding tert-OH is 1. The Kier molecular flexibility index (Phi) is 6.84. The molecule has 0 fully saturated rings. The predicted molar refractivity (Wildman–Crippen MR) is 124 cm³/mol. The number of aliphatic hydroxyl groups is 1. The first kappa shape index (κ1) is 22.9. The molecule has 0 unspecified atom stereocenters. The highest BCUT2D eigenvalue weighted by molar-refractivity contribution is 5.92. The molecule has 34 heavy (non-hydrogen) atoms. The number of benzene rings is 3. The van der Waals surface area contributed by atoms with E-state index in [-0.39, 0.29) is 24.6 Å². The molecule has 8 nitrogen and oxygen atoms in total. The third kappa shape index (κ3) is 5.05. The molecular formula is C25H22FN3O5. The van der Waals surface area contributed by atoms with Crippen LogP contribution in [0.4, 0.5) is 10.1 Å². The minimum absolute atomic E-state index is 0.0270. The lowest BCUT2D eigenvalue weighted by atomic mass is 10.1. The van der Waals surface area contributed by atoms with Crippen molar-refractivity contribution in [2.45, 2.75) is 13.0 Å². The minimum atomic E-state index is -0.569. The zero-order chi connectivity index (χ0) is 24.1. The molecular weight excluding hydrogens is 441 g/mol. The lowest BCUT2D eigenvalue weighted by molar-refractivity contribution is -0.115. The molecule has 4 rings (SSSR count). The van der Waals surface area contributed by atoms with Crippen LogP contribution in [0.15, 0.2) is 60.9 Å². The summed E-state index contributed by atoms with van der Waals surface area (Å²) in [7, 11) is 3.09. The number of aromatic nitrogens is 2. The van der Waals surface area contributed by atoms with Crippen LogP contribution in [0.2, 0.25) is 0 Å². The Morgan fingerprint density at radius 2 is 1.68 bits per heavy atom. The molecule has 0 saturated heterocycles. The van der Waals surface area contributed by atoms with Crippen LogP contribution in [0.25, 0.3) is 10.9 Å². The number of nitrogens with one attached hydrogen (secondary N) is 1. The average Bonchev–Trinajstić information content (AvgIpc) is 2.85. The minimum Gasteiger partial charge on any atom is -0.493 e. The Morgan fingerprint density at radius 3 is 2.38 bits per heavy atom. The molecule has 0 spiro atoms. The molecule has 0 aliphatic heterocycles. The van der Waals surface area contributed by atoms with Crippen LogP contribution in [0.1, 0.15) is 11.1 Å². The van der Waals surface area contributed by atoms with E-state index in [9.17, 15) is 14.3 Å². The van der Waals surface area contributed by atoms with E-state index in [0.717, 1.165) is 0 Å². The summed E-state index contributed by atoms with van der Waals surface area (Å²) < 4.78 is 30.5. The van der Waals surface area contributed by atoms with Crippen molar-refractivity contribution in [3.63, 3.8) is 0 Å². The molecule has 174 valence electrons. The van der Waals surface area contributed by atoms with Gasteiger partial charge in [-0.15, -0.1) is 0 Å². The monoisotopic (exact) mass is 463 g/mol. The van der Waals surface area contributed by atoms with Crippen molar-refractivity contribution < 1.29 is 28.5 Å². The van der Waals surface area contributed by atoms with Crippen LogP contribution in [0.5, 0.6) is 23.1 Å². The zero-order valence-electron chi connectivity index (χ0n) is 18.5. The molecule has 1 aromatic heterocycles. The van der Waals surface area contributed by atoms with Crippen molar-refractivity contribution in [2.24, 2.45) is 0 Å². The highest BCUT2D eigenvalue weighted by Crippen LogP contribution is 2.35. The van der Waals surface area contributed by atoms with Gasteiger partial charge >= 0.3 is 0 Å². The summed E-state index contributed by atoms with van der Waals surface area (Å²) in [5.74, 6) is 0.977. The Bertz CT molecular complexity index is 1330. The number of ether oxygens (including phenoxy) is 3. The second kappa shape index (κ2) is 10.1. The highest BCUT2D eigenvalue weighted by Gasteiger charge is 2.13. The van der Waals surface area contributed by atoms with Gasteiger partial charge in [0.2, 0.25) is 11.8 Å². The summed E-state index contributed by atoms with van der Waals surface area (Å²) in [4.78, 5) is 20.8. The Labute approximate surface area is 195 Å². The van der Waals surface area contributed by atoms with Crippen LogP contribution in [0, 0.1) is 5.82 Å². The van der Waals surface area contributed by atoms with Crippen molar-refractivity contribution in [1.82, 2.24) is 9.97 Å². The van der Waals surface area contributed by atoms with Gasteiger partial charge in [-0.25, -0.2) is 14.4 Å². The quantitative estimate of drug-likeness (QED) is 0.403. The Hall–Kier alpha value is -4.24. The summed E-state index contributed by atoms with van der Waals surface area (Å²) >= 11 is 0. The molecule has 0 saturated carbocycles. The van der Waals surface area contributed by atoms with Crippen LogP contribution < -0.4 is 19.5 Å². The van der Waals surface area contributed by atoms with E-state index in [1.54, 1.807) is 50.6 Å². The van der Waals surface area contributed by atoms with Gasteiger partial charge < -0.3 is 24.6 Å². The van der Waals surface area contributed by atoms with E-state index >= 15 is 0 Å². The summed E-state index contributed by atoms with van der Waals surface area (Å²) in [5, 5.41) is 12.4. The summed E-state index contributed by atoms with van der Waals surface area (Å²) in [6.07, 6.45) is 1.43. The van der Waals surface area contributed by atoms with E-state index in [1.807, 2.05) is 0 Å². The molecule has 0 bridgehead atoms. The fourth-order valence-corrected chi connectivity index (χ4v) is 3.37. The van der Waals surface area contributed by atoms with Crippen LogP contribution in [-0.4, -0.2) is 35.2 Å². The SMILES string of the molecule is COc1cc2ncnc(Oc3ccc(CC(=O)Nc4cc(CO)ccc4F)cc3)c2cc1OC. The first-order valence-electron chi connectivity index (χ1n) is 10.3. The van der Waals surface area contributed by atoms with Crippen molar-refractivity contribution in [3.05, 3.63) is 77.9 Å². The molecule has 0 aliphatic rings. The maximum atomic E-state index is 13.9. The maximum Gasteiger partial charge on any atom is 0.230 e. The number of nitrogens with zero attached hydrogens (tertiary/aromatic N) is 2. The van der Waals surface area contributed by atoms with Crippen molar-refractivity contribution in [1.29, 1.82) is 0 Å². The van der Waals surface area contributed by atoms with Gasteiger partial charge in [-0.05, 0) is 41.5 Å². The molecule has 1 heterocycles. The number of halogens is 1. The number of carbonyl (C=O) groups is 1. The lowest BCUT2D eigenvalue weighted by Gasteiger charge is -2.12. The first-order valence-corrected chi connectivity index (χ1v) is 10.3. The molecule has 0 radical (unpaired) electrons. The largest absolute Gasteiger partial charge is 0.493 e. The van der Waals surface area contributed by atoms with Gasteiger partial charge in [0.15, 0.2) is 11.5 Å². The number of amides is 1. The van der Waals surface area contributed by atoms with E-state index in [4.69, 9.17) is 14.2 Å². The van der Waals surface area contributed by atoms with E-state index in [2.05, 4.69) is 15.3 Å². The van der Waals surface area contributed by atoms with Crippen LogP contribution in [-0.2, 0) is 17.8 Å². The van der Waals surface area contributed by atoms with Gasteiger partial charge in [-0.2, -0.15) is 0 Å². The third-order valence-corrected chi connectivity index (χ3v) is 5.09.